The zero-order valence-corrected chi connectivity index (χ0v) is 15.5. The number of halogens is 2. The van der Waals surface area contributed by atoms with Crippen LogP contribution in [-0.4, -0.2) is 29.9 Å². The van der Waals surface area contributed by atoms with Gasteiger partial charge in [-0.05, 0) is 30.2 Å². The highest BCUT2D eigenvalue weighted by molar-refractivity contribution is 5.92. The second-order valence-electron chi connectivity index (χ2n) is 6.48. The number of hydrogen-bond donors (Lipinski definition) is 2. The number of nitrogens with one attached hydrogen (secondary N) is 2. The smallest absolute Gasteiger partial charge is 0.223 e. The summed E-state index contributed by atoms with van der Waals surface area (Å²) in [4.78, 5) is 28.4. The molecule has 3 rings (SSSR count). The van der Waals surface area contributed by atoms with Gasteiger partial charge in [0.1, 0.15) is 0 Å². The van der Waals surface area contributed by atoms with Crippen molar-refractivity contribution in [2.75, 3.05) is 18.0 Å². The lowest BCUT2D eigenvalue weighted by Crippen LogP contribution is -2.34. The first-order valence-corrected chi connectivity index (χ1v) is 9.00. The number of para-hydroxylation sites is 1. The highest BCUT2D eigenvalue weighted by atomic mass is 19.2. The molecule has 146 valence electrons. The Kier molecular flexibility index (Phi) is 6.03. The first kappa shape index (κ1) is 19.5. The van der Waals surface area contributed by atoms with Crippen LogP contribution in [0.1, 0.15) is 18.9 Å². The molecule has 0 bridgehead atoms. The Hall–Kier alpha value is -3.22. The molecule has 0 saturated carbocycles. The third-order valence-corrected chi connectivity index (χ3v) is 4.55. The number of nitrogens with zero attached hydrogens (tertiary/aromatic N) is 1. The molecule has 2 amide bonds. The van der Waals surface area contributed by atoms with Crippen molar-refractivity contribution in [2.24, 2.45) is 0 Å². The van der Waals surface area contributed by atoms with E-state index in [1.165, 1.54) is 17.9 Å². The molecule has 5 nitrogen and oxygen atoms in total. The molecule has 0 saturated heterocycles. The zero-order chi connectivity index (χ0) is 20.1. The lowest BCUT2D eigenvalue weighted by Gasteiger charge is -2.21. The number of benzene rings is 2. The minimum Gasteiger partial charge on any atom is -0.361 e. The normalized spacial score (nSPS) is 10.8. The number of hydrogen-bond acceptors (Lipinski definition) is 2. The van der Waals surface area contributed by atoms with E-state index in [-0.39, 0.29) is 30.5 Å². The largest absolute Gasteiger partial charge is 0.361 e. The Morgan fingerprint density at radius 3 is 2.64 bits per heavy atom. The van der Waals surface area contributed by atoms with Crippen LogP contribution in [0.15, 0.2) is 48.7 Å². The van der Waals surface area contributed by atoms with E-state index >= 15 is 0 Å². The summed E-state index contributed by atoms with van der Waals surface area (Å²) in [5.74, 6) is -2.58. The summed E-state index contributed by atoms with van der Waals surface area (Å²) in [6.45, 7) is 1.86. The molecule has 28 heavy (non-hydrogen) atoms. The molecule has 2 N–H and O–H groups in total. The van der Waals surface area contributed by atoms with Gasteiger partial charge >= 0.3 is 0 Å². The summed E-state index contributed by atoms with van der Waals surface area (Å²) in [6.07, 6.45) is 2.67. The fourth-order valence-electron chi connectivity index (χ4n) is 3.10. The van der Waals surface area contributed by atoms with Crippen LogP contribution in [0.3, 0.4) is 0 Å². The van der Waals surface area contributed by atoms with Crippen molar-refractivity contribution >= 4 is 28.4 Å². The summed E-state index contributed by atoms with van der Waals surface area (Å²) in [7, 11) is 0. The number of carbonyl (C=O) groups excluding carboxylic acids is 2. The predicted octanol–water partition coefficient (Wildman–Crippen LogP) is 3.55. The molecule has 0 radical (unpaired) electrons. The molecule has 0 aliphatic heterocycles. The maximum absolute atomic E-state index is 13.4. The van der Waals surface area contributed by atoms with Crippen LogP contribution in [-0.2, 0) is 16.0 Å². The molecular formula is C21H21F2N3O2. The third-order valence-electron chi connectivity index (χ3n) is 4.55. The summed E-state index contributed by atoms with van der Waals surface area (Å²) >= 11 is 0. The molecule has 1 aromatic heterocycles. The Bertz CT molecular complexity index is 1000. The molecule has 0 fully saturated rings. The van der Waals surface area contributed by atoms with Crippen molar-refractivity contribution in [2.45, 2.75) is 19.8 Å². The Labute approximate surface area is 161 Å². The molecule has 0 aliphatic rings. The van der Waals surface area contributed by atoms with Gasteiger partial charge in [-0.3, -0.25) is 9.59 Å². The van der Waals surface area contributed by atoms with E-state index < -0.39 is 11.6 Å². The van der Waals surface area contributed by atoms with E-state index in [0.29, 0.717) is 13.0 Å². The van der Waals surface area contributed by atoms with Gasteiger partial charge in [0, 0.05) is 55.3 Å². The molecule has 2 aromatic carbocycles. The van der Waals surface area contributed by atoms with Crippen molar-refractivity contribution in [1.82, 2.24) is 10.3 Å². The van der Waals surface area contributed by atoms with E-state index in [2.05, 4.69) is 10.3 Å². The average Bonchev–Trinajstić information content (AvgIpc) is 3.08. The maximum atomic E-state index is 13.4. The van der Waals surface area contributed by atoms with Crippen LogP contribution in [0.4, 0.5) is 14.5 Å². The lowest BCUT2D eigenvalue weighted by molar-refractivity contribution is -0.121. The molecular weight excluding hydrogens is 364 g/mol. The van der Waals surface area contributed by atoms with Gasteiger partial charge in [-0.1, -0.05) is 18.2 Å². The van der Waals surface area contributed by atoms with E-state index in [0.717, 1.165) is 28.6 Å². The number of fused-ring (bicyclic) bond motifs is 1. The van der Waals surface area contributed by atoms with Crippen molar-refractivity contribution in [3.8, 4) is 0 Å². The molecule has 7 heteroatoms. The van der Waals surface area contributed by atoms with Crippen LogP contribution >= 0.6 is 0 Å². The van der Waals surface area contributed by atoms with Gasteiger partial charge in [-0.2, -0.15) is 0 Å². The van der Waals surface area contributed by atoms with E-state index in [1.54, 1.807) is 0 Å². The molecule has 1 heterocycles. The molecule has 3 aromatic rings. The molecule has 0 aliphatic carbocycles. The topological polar surface area (TPSA) is 65.2 Å². The zero-order valence-electron chi connectivity index (χ0n) is 15.5. The van der Waals surface area contributed by atoms with Crippen molar-refractivity contribution in [3.05, 3.63) is 65.9 Å². The molecule has 0 spiro atoms. The van der Waals surface area contributed by atoms with Crippen LogP contribution in [0.5, 0.6) is 0 Å². The molecule has 0 unspecified atom stereocenters. The maximum Gasteiger partial charge on any atom is 0.223 e. The Morgan fingerprint density at radius 2 is 1.89 bits per heavy atom. The summed E-state index contributed by atoms with van der Waals surface area (Å²) in [5, 5.41) is 3.95. The van der Waals surface area contributed by atoms with Crippen molar-refractivity contribution in [3.63, 3.8) is 0 Å². The summed E-state index contributed by atoms with van der Waals surface area (Å²) in [5.41, 5.74) is 2.38. The third kappa shape index (κ3) is 4.54. The number of H-pyrrole nitrogens is 1. The fraction of sp³-hybridized carbons (Fsp3) is 0.238. The predicted molar refractivity (Wildman–Crippen MR) is 104 cm³/mol. The standard InChI is InChI=1S/C21H21F2N3O2/c1-14(27)26(16-6-7-18(22)19(23)12-16)11-9-21(28)24-10-8-15-13-25-20-5-3-2-4-17(15)20/h2-7,12-13,25H,8-11H2,1H3,(H,24,28). The van der Waals surface area contributed by atoms with Gasteiger partial charge in [0.15, 0.2) is 11.6 Å². The molecule has 0 atom stereocenters. The average molecular weight is 385 g/mol. The van der Waals surface area contributed by atoms with Gasteiger partial charge in [-0.15, -0.1) is 0 Å². The number of rotatable bonds is 7. The monoisotopic (exact) mass is 385 g/mol. The van der Waals surface area contributed by atoms with Crippen LogP contribution in [0.2, 0.25) is 0 Å². The van der Waals surface area contributed by atoms with Gasteiger partial charge in [0.05, 0.1) is 0 Å². The van der Waals surface area contributed by atoms with Crippen LogP contribution in [0.25, 0.3) is 10.9 Å². The van der Waals surface area contributed by atoms with Crippen LogP contribution < -0.4 is 10.2 Å². The van der Waals surface area contributed by atoms with E-state index in [1.807, 2.05) is 30.5 Å². The first-order valence-electron chi connectivity index (χ1n) is 9.00. The van der Waals surface area contributed by atoms with Crippen molar-refractivity contribution in [1.29, 1.82) is 0 Å². The number of aromatic nitrogens is 1. The second-order valence-corrected chi connectivity index (χ2v) is 6.48. The van der Waals surface area contributed by atoms with Gasteiger partial charge in [-0.25, -0.2) is 8.78 Å². The Balaban J connectivity index is 1.52. The van der Waals surface area contributed by atoms with Gasteiger partial charge in [0.25, 0.3) is 0 Å². The number of carbonyl (C=O) groups is 2. The first-order chi connectivity index (χ1) is 13.5. The minimum atomic E-state index is -1.04. The quantitative estimate of drug-likeness (QED) is 0.653. The number of aromatic amines is 1. The SMILES string of the molecule is CC(=O)N(CCC(=O)NCCc1c[nH]c2ccccc12)c1ccc(F)c(F)c1. The lowest BCUT2D eigenvalue weighted by atomic mass is 10.1. The minimum absolute atomic E-state index is 0.0620. The number of amides is 2. The number of anilines is 1. The highest BCUT2D eigenvalue weighted by Crippen LogP contribution is 2.19. The Morgan fingerprint density at radius 1 is 1.11 bits per heavy atom. The highest BCUT2D eigenvalue weighted by Gasteiger charge is 2.15. The summed E-state index contributed by atoms with van der Waals surface area (Å²) in [6, 6.07) is 11.2. The fourth-order valence-corrected chi connectivity index (χ4v) is 3.10. The van der Waals surface area contributed by atoms with E-state index in [4.69, 9.17) is 0 Å². The van der Waals surface area contributed by atoms with Crippen molar-refractivity contribution < 1.29 is 18.4 Å². The van der Waals surface area contributed by atoms with Crippen LogP contribution in [0, 0.1) is 11.6 Å². The second kappa shape index (κ2) is 8.65. The van der Waals surface area contributed by atoms with Gasteiger partial charge < -0.3 is 15.2 Å². The van der Waals surface area contributed by atoms with Gasteiger partial charge in [0.2, 0.25) is 11.8 Å². The van der Waals surface area contributed by atoms with E-state index in [9.17, 15) is 18.4 Å². The summed E-state index contributed by atoms with van der Waals surface area (Å²) < 4.78 is 26.5.